The molecule has 22 heavy (non-hydrogen) atoms. The van der Waals surface area contributed by atoms with Crippen molar-refractivity contribution < 1.29 is 18.5 Å². The molecule has 3 atom stereocenters. The largest absolute Gasteiger partial charge is 0.461 e. The molecule has 0 amide bonds. The van der Waals surface area contributed by atoms with Crippen molar-refractivity contribution in [2.75, 3.05) is 0 Å². The van der Waals surface area contributed by atoms with Crippen LogP contribution in [0, 0.1) is 17.8 Å². The Labute approximate surface area is 128 Å². The highest BCUT2D eigenvalue weighted by molar-refractivity contribution is 5.69. The lowest BCUT2D eigenvalue weighted by molar-refractivity contribution is -0.146. The molecule has 2 saturated carbocycles. The normalized spacial score (nSPS) is 26.5. The van der Waals surface area contributed by atoms with Gasteiger partial charge in [0, 0.05) is 12.5 Å². The van der Waals surface area contributed by atoms with Gasteiger partial charge in [0.15, 0.2) is 5.76 Å². The molecule has 0 aromatic carbocycles. The summed E-state index contributed by atoms with van der Waals surface area (Å²) in [6.45, 7) is 0.157. The maximum atomic E-state index is 12.0. The maximum Gasteiger partial charge on any atom is 0.306 e. The van der Waals surface area contributed by atoms with E-state index in [0.29, 0.717) is 29.6 Å². The van der Waals surface area contributed by atoms with Crippen LogP contribution in [0.1, 0.15) is 37.8 Å². The molecule has 0 N–H and O–H groups in total. The van der Waals surface area contributed by atoms with Crippen LogP contribution in [0.15, 0.2) is 33.4 Å². The summed E-state index contributed by atoms with van der Waals surface area (Å²) in [5.74, 6) is 3.17. The first kappa shape index (κ1) is 13.6. The zero-order chi connectivity index (χ0) is 14.9. The van der Waals surface area contributed by atoms with Crippen molar-refractivity contribution in [2.24, 2.45) is 17.8 Å². The number of carbonyl (C=O) groups is 1. The number of rotatable bonds is 5. The average molecular weight is 301 g/mol. The Balaban J connectivity index is 1.28. The van der Waals surface area contributed by atoms with Gasteiger partial charge in [-0.05, 0) is 49.1 Å². The van der Waals surface area contributed by atoms with Gasteiger partial charge in [-0.2, -0.15) is 0 Å². The van der Waals surface area contributed by atoms with Crippen LogP contribution in [-0.4, -0.2) is 11.1 Å². The molecule has 2 aliphatic carbocycles. The highest BCUT2D eigenvalue weighted by Crippen LogP contribution is 2.49. The van der Waals surface area contributed by atoms with Crippen LogP contribution in [0.3, 0.4) is 0 Å². The number of nitrogens with zero attached hydrogens (tertiary/aromatic N) is 1. The quantitative estimate of drug-likeness (QED) is 0.786. The van der Waals surface area contributed by atoms with Crippen molar-refractivity contribution in [3.8, 4) is 11.5 Å². The minimum atomic E-state index is -0.125. The van der Waals surface area contributed by atoms with Crippen molar-refractivity contribution in [2.45, 2.75) is 38.7 Å². The third-order valence-corrected chi connectivity index (χ3v) is 5.02. The Morgan fingerprint density at radius 2 is 2.27 bits per heavy atom. The number of carbonyl (C=O) groups excluding carboxylic acids is 1. The van der Waals surface area contributed by atoms with Gasteiger partial charge in [-0.3, -0.25) is 4.79 Å². The van der Waals surface area contributed by atoms with Crippen molar-refractivity contribution in [1.82, 2.24) is 5.16 Å². The van der Waals surface area contributed by atoms with Gasteiger partial charge in [-0.15, -0.1) is 0 Å². The van der Waals surface area contributed by atoms with E-state index in [1.54, 1.807) is 24.5 Å². The predicted molar refractivity (Wildman–Crippen MR) is 77.6 cm³/mol. The third-order valence-electron chi connectivity index (χ3n) is 5.02. The summed E-state index contributed by atoms with van der Waals surface area (Å²) < 4.78 is 15.8. The molecule has 2 aromatic rings. The van der Waals surface area contributed by atoms with Crippen LogP contribution in [0.4, 0.5) is 0 Å². The van der Waals surface area contributed by atoms with Gasteiger partial charge in [-0.1, -0.05) is 11.6 Å². The Hall–Kier alpha value is -2.04. The maximum absolute atomic E-state index is 12.0. The van der Waals surface area contributed by atoms with Crippen LogP contribution in [0.25, 0.3) is 11.5 Å². The van der Waals surface area contributed by atoms with Crippen LogP contribution < -0.4 is 0 Å². The fraction of sp³-hybridized carbons (Fsp3) is 0.529. The lowest BCUT2D eigenvalue weighted by Gasteiger charge is -2.20. The van der Waals surface area contributed by atoms with Crippen molar-refractivity contribution in [3.63, 3.8) is 0 Å². The summed E-state index contributed by atoms with van der Waals surface area (Å²) in [4.78, 5) is 12.0. The van der Waals surface area contributed by atoms with Crippen molar-refractivity contribution in [3.05, 3.63) is 30.2 Å². The Morgan fingerprint density at radius 1 is 1.32 bits per heavy atom. The minimum Gasteiger partial charge on any atom is -0.461 e. The average Bonchev–Trinajstić information content (AvgIpc) is 3.27. The fourth-order valence-electron chi connectivity index (χ4n) is 3.97. The van der Waals surface area contributed by atoms with E-state index < -0.39 is 0 Å². The molecule has 0 spiro atoms. The first-order valence-electron chi connectivity index (χ1n) is 7.93. The van der Waals surface area contributed by atoms with E-state index in [2.05, 4.69) is 5.16 Å². The van der Waals surface area contributed by atoms with E-state index in [9.17, 15) is 4.79 Å². The van der Waals surface area contributed by atoms with Crippen molar-refractivity contribution in [1.29, 1.82) is 0 Å². The van der Waals surface area contributed by atoms with E-state index in [1.165, 1.54) is 25.7 Å². The van der Waals surface area contributed by atoms with E-state index in [-0.39, 0.29) is 12.6 Å². The van der Waals surface area contributed by atoms with Crippen LogP contribution in [0.5, 0.6) is 0 Å². The molecule has 2 heterocycles. The molecule has 0 saturated heterocycles. The fourth-order valence-corrected chi connectivity index (χ4v) is 3.97. The molecule has 2 aromatic heterocycles. The second-order valence-electron chi connectivity index (χ2n) is 6.46. The lowest BCUT2D eigenvalue weighted by Crippen LogP contribution is -2.16. The van der Waals surface area contributed by atoms with Gasteiger partial charge >= 0.3 is 5.97 Å². The summed E-state index contributed by atoms with van der Waals surface area (Å²) in [6.07, 6.45) is 7.28. The van der Waals surface area contributed by atoms with Gasteiger partial charge in [0.2, 0.25) is 5.76 Å². The highest BCUT2D eigenvalue weighted by Gasteiger charge is 2.40. The first-order valence-corrected chi connectivity index (χ1v) is 7.93. The number of esters is 1. The Kier molecular flexibility index (Phi) is 3.48. The molecule has 0 radical (unpaired) electrons. The third kappa shape index (κ3) is 2.67. The standard InChI is InChI=1S/C17H19NO4/c19-17(8-13-7-11-3-4-12(13)6-11)21-10-14-9-16(22-18-14)15-2-1-5-20-15/h1-2,5,9,11-13H,3-4,6-8,10H2/t11-,12-,13+/m1/s1. The minimum absolute atomic E-state index is 0.125. The second kappa shape index (κ2) is 5.63. The molecule has 116 valence electrons. The molecule has 0 unspecified atom stereocenters. The molecule has 5 nitrogen and oxygen atoms in total. The van der Waals surface area contributed by atoms with Gasteiger partial charge in [0.1, 0.15) is 12.3 Å². The highest BCUT2D eigenvalue weighted by atomic mass is 16.5. The SMILES string of the molecule is O=C(C[C@@H]1C[C@@H]2CC[C@@H]1C2)OCc1cc(-c2ccco2)on1. The van der Waals surface area contributed by atoms with Crippen LogP contribution in [0.2, 0.25) is 0 Å². The number of hydrogen-bond acceptors (Lipinski definition) is 5. The van der Waals surface area contributed by atoms with Crippen molar-refractivity contribution >= 4 is 5.97 Å². The molecule has 5 heteroatoms. The first-order chi connectivity index (χ1) is 10.8. The van der Waals surface area contributed by atoms with E-state index in [0.717, 1.165) is 11.8 Å². The molecular formula is C17H19NO4. The molecule has 0 aliphatic heterocycles. The molecule has 2 bridgehead atoms. The van der Waals surface area contributed by atoms with Crippen LogP contribution >= 0.6 is 0 Å². The predicted octanol–water partition coefficient (Wildman–Crippen LogP) is 3.80. The summed E-state index contributed by atoms with van der Waals surface area (Å²) >= 11 is 0. The van der Waals surface area contributed by atoms with Gasteiger partial charge in [0.05, 0.1) is 6.26 Å². The number of aromatic nitrogens is 1. The number of hydrogen-bond donors (Lipinski definition) is 0. The molecule has 4 rings (SSSR count). The summed E-state index contributed by atoms with van der Waals surface area (Å²) in [5, 5.41) is 3.90. The Morgan fingerprint density at radius 3 is 3.00 bits per heavy atom. The van der Waals surface area contributed by atoms with Gasteiger partial charge in [0.25, 0.3) is 0 Å². The second-order valence-corrected chi connectivity index (χ2v) is 6.46. The zero-order valence-corrected chi connectivity index (χ0v) is 12.4. The van der Waals surface area contributed by atoms with E-state index >= 15 is 0 Å². The molecule has 2 aliphatic rings. The monoisotopic (exact) mass is 301 g/mol. The molecular weight excluding hydrogens is 282 g/mol. The van der Waals surface area contributed by atoms with E-state index in [1.807, 2.05) is 0 Å². The smallest absolute Gasteiger partial charge is 0.306 e. The van der Waals surface area contributed by atoms with Crippen LogP contribution in [-0.2, 0) is 16.1 Å². The molecule has 2 fully saturated rings. The zero-order valence-electron chi connectivity index (χ0n) is 12.4. The summed E-state index contributed by atoms with van der Waals surface area (Å²) in [6, 6.07) is 5.32. The number of fused-ring (bicyclic) bond motifs is 2. The van der Waals surface area contributed by atoms with Gasteiger partial charge < -0.3 is 13.7 Å². The number of furan rings is 1. The van der Waals surface area contributed by atoms with Gasteiger partial charge in [-0.25, -0.2) is 0 Å². The lowest BCUT2D eigenvalue weighted by atomic mass is 9.86. The Bertz CT molecular complexity index is 645. The summed E-state index contributed by atoms with van der Waals surface area (Å²) in [7, 11) is 0. The topological polar surface area (TPSA) is 65.5 Å². The summed E-state index contributed by atoms with van der Waals surface area (Å²) in [5.41, 5.74) is 0.604. The number of ether oxygens (including phenoxy) is 1. The van der Waals surface area contributed by atoms with E-state index in [4.69, 9.17) is 13.7 Å².